The third-order valence-corrected chi connectivity index (χ3v) is 4.71. The van der Waals surface area contributed by atoms with E-state index in [0.29, 0.717) is 30.4 Å². The summed E-state index contributed by atoms with van der Waals surface area (Å²) in [6.45, 7) is 2.90. The van der Waals surface area contributed by atoms with E-state index in [1.54, 1.807) is 23.7 Å². The molecule has 0 radical (unpaired) electrons. The topological polar surface area (TPSA) is 73.3 Å². The molecule has 0 aliphatic carbocycles. The number of hydrogen-bond acceptors (Lipinski definition) is 7. The maximum absolute atomic E-state index is 12.2. The van der Waals surface area contributed by atoms with Crippen LogP contribution in [0.2, 0.25) is 0 Å². The lowest BCUT2D eigenvalue weighted by molar-refractivity contribution is -0.115. The first-order valence-corrected chi connectivity index (χ1v) is 8.11. The number of benzene rings is 1. The quantitative estimate of drug-likeness (QED) is 0.871. The van der Waals surface area contributed by atoms with E-state index in [2.05, 4.69) is 15.5 Å². The maximum atomic E-state index is 12.2. The lowest BCUT2D eigenvalue weighted by Gasteiger charge is -2.19. The van der Waals surface area contributed by atoms with Crippen LogP contribution in [0.3, 0.4) is 0 Å². The van der Waals surface area contributed by atoms with Crippen molar-refractivity contribution in [3.8, 4) is 11.5 Å². The highest BCUT2D eigenvalue weighted by atomic mass is 32.2. The molecule has 3 rings (SSSR count). The number of aromatic nitrogens is 2. The Labute approximate surface area is 129 Å². The second kappa shape index (κ2) is 6.31. The van der Waals surface area contributed by atoms with Crippen LogP contribution in [0, 0.1) is 0 Å². The molecule has 0 spiro atoms. The lowest BCUT2D eigenvalue weighted by atomic mass is 10.2. The summed E-state index contributed by atoms with van der Waals surface area (Å²) in [5.74, 6) is 1.27. The summed E-state index contributed by atoms with van der Waals surface area (Å²) in [4.78, 5) is 12.2. The number of fused-ring (bicyclic) bond motifs is 1. The SMILES string of the molecule is C[C@H](Sc1nncs1)C(=O)Nc1ccc2c(c1)OCCO2. The van der Waals surface area contributed by atoms with Crippen LogP contribution in [0.4, 0.5) is 5.69 Å². The Hall–Kier alpha value is -1.80. The van der Waals surface area contributed by atoms with Crippen molar-refractivity contribution in [2.45, 2.75) is 16.5 Å². The fraction of sp³-hybridized carbons (Fsp3) is 0.308. The number of anilines is 1. The largest absolute Gasteiger partial charge is 0.486 e. The van der Waals surface area contributed by atoms with Crippen molar-refractivity contribution in [1.29, 1.82) is 0 Å². The Bertz CT molecular complexity index is 634. The Morgan fingerprint density at radius 3 is 2.95 bits per heavy atom. The third kappa shape index (κ3) is 3.45. The van der Waals surface area contributed by atoms with Crippen molar-refractivity contribution < 1.29 is 14.3 Å². The van der Waals surface area contributed by atoms with Gasteiger partial charge in [0.15, 0.2) is 15.8 Å². The molecule has 8 heteroatoms. The monoisotopic (exact) mass is 323 g/mol. The summed E-state index contributed by atoms with van der Waals surface area (Å²) >= 11 is 2.80. The number of thioether (sulfide) groups is 1. The third-order valence-electron chi connectivity index (χ3n) is 2.80. The average Bonchev–Trinajstić information content (AvgIpc) is 3.00. The van der Waals surface area contributed by atoms with Gasteiger partial charge in [-0.1, -0.05) is 23.1 Å². The van der Waals surface area contributed by atoms with E-state index in [9.17, 15) is 4.79 Å². The van der Waals surface area contributed by atoms with Gasteiger partial charge in [0.2, 0.25) is 5.91 Å². The zero-order valence-corrected chi connectivity index (χ0v) is 12.9. The van der Waals surface area contributed by atoms with Crippen molar-refractivity contribution in [3.63, 3.8) is 0 Å². The van der Waals surface area contributed by atoms with Gasteiger partial charge in [0.25, 0.3) is 0 Å². The van der Waals surface area contributed by atoms with Gasteiger partial charge >= 0.3 is 0 Å². The minimum atomic E-state index is -0.258. The van der Waals surface area contributed by atoms with E-state index in [-0.39, 0.29) is 11.2 Å². The fourth-order valence-corrected chi connectivity index (χ4v) is 3.41. The van der Waals surface area contributed by atoms with Crippen LogP contribution in [0.1, 0.15) is 6.92 Å². The molecule has 1 aliphatic rings. The first-order valence-electron chi connectivity index (χ1n) is 6.36. The fourth-order valence-electron chi connectivity index (χ4n) is 1.78. The molecule has 1 aliphatic heterocycles. The van der Waals surface area contributed by atoms with Crippen LogP contribution >= 0.6 is 23.1 Å². The molecule has 1 aromatic heterocycles. The van der Waals surface area contributed by atoms with Gasteiger partial charge in [-0.15, -0.1) is 10.2 Å². The van der Waals surface area contributed by atoms with Gasteiger partial charge < -0.3 is 14.8 Å². The Kier molecular flexibility index (Phi) is 4.26. The second-order valence-corrected chi connectivity index (χ2v) is 6.73. The van der Waals surface area contributed by atoms with Crippen molar-refractivity contribution in [2.75, 3.05) is 18.5 Å². The number of ether oxygens (including phenoxy) is 2. The van der Waals surface area contributed by atoms with Gasteiger partial charge in [-0.2, -0.15) is 0 Å². The van der Waals surface area contributed by atoms with Crippen LogP contribution in [-0.2, 0) is 4.79 Å². The van der Waals surface area contributed by atoms with Gasteiger partial charge in [0.1, 0.15) is 18.7 Å². The van der Waals surface area contributed by atoms with Crippen molar-refractivity contribution >= 4 is 34.7 Å². The zero-order chi connectivity index (χ0) is 14.7. The molecular formula is C13H13N3O3S2. The Morgan fingerprint density at radius 2 is 2.19 bits per heavy atom. The number of carbonyl (C=O) groups excluding carboxylic acids is 1. The molecular weight excluding hydrogens is 310 g/mol. The first kappa shape index (κ1) is 14.2. The van der Waals surface area contributed by atoms with E-state index in [4.69, 9.17) is 9.47 Å². The zero-order valence-electron chi connectivity index (χ0n) is 11.2. The smallest absolute Gasteiger partial charge is 0.237 e. The minimum absolute atomic E-state index is 0.0909. The predicted octanol–water partition coefficient (Wildman–Crippen LogP) is 2.43. The molecule has 1 aromatic carbocycles. The van der Waals surface area contributed by atoms with E-state index in [1.165, 1.54) is 23.1 Å². The van der Waals surface area contributed by atoms with Gasteiger partial charge in [-0.05, 0) is 19.1 Å². The molecule has 0 saturated heterocycles. The molecule has 1 atom stereocenters. The molecule has 2 aromatic rings. The number of rotatable bonds is 4. The van der Waals surface area contributed by atoms with Crippen LogP contribution in [0.25, 0.3) is 0 Å². The van der Waals surface area contributed by atoms with Crippen molar-refractivity contribution in [2.24, 2.45) is 0 Å². The van der Waals surface area contributed by atoms with Gasteiger partial charge in [-0.3, -0.25) is 4.79 Å². The summed E-state index contributed by atoms with van der Waals surface area (Å²) in [5, 5.41) is 10.3. The summed E-state index contributed by atoms with van der Waals surface area (Å²) < 4.78 is 11.7. The van der Waals surface area contributed by atoms with Crippen LogP contribution in [0.5, 0.6) is 11.5 Å². The summed E-state index contributed by atoms with van der Waals surface area (Å²) in [6, 6.07) is 5.37. The number of hydrogen-bond donors (Lipinski definition) is 1. The Balaban J connectivity index is 1.64. The van der Waals surface area contributed by atoms with Crippen molar-refractivity contribution in [1.82, 2.24) is 10.2 Å². The number of nitrogens with one attached hydrogen (secondary N) is 1. The van der Waals surface area contributed by atoms with E-state index >= 15 is 0 Å². The highest BCUT2D eigenvalue weighted by Crippen LogP contribution is 2.33. The predicted molar refractivity (Wildman–Crippen MR) is 81.3 cm³/mol. The lowest BCUT2D eigenvalue weighted by Crippen LogP contribution is -2.22. The van der Waals surface area contributed by atoms with Crippen LogP contribution < -0.4 is 14.8 Å². The summed E-state index contributed by atoms with van der Waals surface area (Å²) in [5.41, 5.74) is 2.34. The molecule has 6 nitrogen and oxygen atoms in total. The van der Waals surface area contributed by atoms with Gasteiger partial charge in [0, 0.05) is 11.8 Å². The van der Waals surface area contributed by atoms with Crippen LogP contribution in [0.15, 0.2) is 28.0 Å². The number of nitrogens with zero attached hydrogens (tertiary/aromatic N) is 2. The van der Waals surface area contributed by atoms with Crippen molar-refractivity contribution in [3.05, 3.63) is 23.7 Å². The maximum Gasteiger partial charge on any atom is 0.237 e. The number of amides is 1. The standard InChI is InChI=1S/C13H13N3O3S2/c1-8(21-13-16-14-7-20-13)12(17)15-9-2-3-10-11(6-9)19-5-4-18-10/h2-3,6-8H,4-5H2,1H3,(H,15,17)/t8-/m0/s1. The Morgan fingerprint density at radius 1 is 1.38 bits per heavy atom. The molecule has 0 fully saturated rings. The highest BCUT2D eigenvalue weighted by Gasteiger charge is 2.18. The van der Waals surface area contributed by atoms with E-state index in [0.717, 1.165) is 4.34 Å². The average molecular weight is 323 g/mol. The second-order valence-electron chi connectivity index (χ2n) is 4.31. The van der Waals surface area contributed by atoms with E-state index < -0.39 is 0 Å². The molecule has 0 bridgehead atoms. The molecule has 1 N–H and O–H groups in total. The molecule has 2 heterocycles. The number of carbonyl (C=O) groups is 1. The minimum Gasteiger partial charge on any atom is -0.486 e. The summed E-state index contributed by atoms with van der Waals surface area (Å²) in [7, 11) is 0. The van der Waals surface area contributed by atoms with Gasteiger partial charge in [-0.25, -0.2) is 0 Å². The van der Waals surface area contributed by atoms with Crippen LogP contribution in [-0.4, -0.2) is 34.6 Å². The highest BCUT2D eigenvalue weighted by molar-refractivity contribution is 8.02. The molecule has 21 heavy (non-hydrogen) atoms. The van der Waals surface area contributed by atoms with E-state index in [1.807, 2.05) is 6.92 Å². The molecule has 0 unspecified atom stereocenters. The summed E-state index contributed by atoms with van der Waals surface area (Å²) in [6.07, 6.45) is 0. The first-order chi connectivity index (χ1) is 10.2. The van der Waals surface area contributed by atoms with Gasteiger partial charge in [0.05, 0.1) is 5.25 Å². The molecule has 110 valence electrons. The molecule has 0 saturated carbocycles. The normalized spacial score (nSPS) is 14.5. The molecule has 1 amide bonds.